The van der Waals surface area contributed by atoms with Crippen molar-refractivity contribution in [1.29, 1.82) is 0 Å². The third-order valence-electron chi connectivity index (χ3n) is 11.0. The number of rotatable bonds is 1. The molecule has 3 atom stereocenters. The first-order valence-electron chi connectivity index (χ1n) is 19.9. The van der Waals surface area contributed by atoms with Crippen LogP contribution in [0.15, 0.2) is 0 Å². The van der Waals surface area contributed by atoms with Crippen LogP contribution in [0.1, 0.15) is 169 Å². The molecule has 4 heterocycles. The summed E-state index contributed by atoms with van der Waals surface area (Å²) >= 11 is 0. The molecule has 49 heavy (non-hydrogen) atoms. The molecule has 3 unspecified atom stereocenters. The summed E-state index contributed by atoms with van der Waals surface area (Å²) in [4.78, 5) is 0. The van der Waals surface area contributed by atoms with Gasteiger partial charge in [0.2, 0.25) is 0 Å². The fraction of sp³-hybridized carbons (Fsp3) is 1.00. The monoisotopic (exact) mass is 699 g/mol. The summed E-state index contributed by atoms with van der Waals surface area (Å²) in [6, 6.07) is 0. The summed E-state index contributed by atoms with van der Waals surface area (Å²) < 4.78 is 26.6. The van der Waals surface area contributed by atoms with E-state index >= 15 is 0 Å². The van der Waals surface area contributed by atoms with Gasteiger partial charge in [-0.05, 0) is 83.4 Å². The van der Waals surface area contributed by atoms with E-state index < -0.39 is 0 Å². The van der Waals surface area contributed by atoms with Crippen molar-refractivity contribution in [2.45, 2.75) is 175 Å². The minimum atomic E-state index is 0. The fourth-order valence-electron chi connectivity index (χ4n) is 6.68. The molecule has 5 rings (SSSR count). The molecule has 1 saturated carbocycles. The predicted octanol–water partition coefficient (Wildman–Crippen LogP) is 12.3. The highest BCUT2D eigenvalue weighted by molar-refractivity contribution is 4.79. The molecule has 4 saturated heterocycles. The third kappa shape index (κ3) is 23.2. The Hall–Kier alpha value is -0.200. The quantitative estimate of drug-likeness (QED) is 0.273. The predicted molar refractivity (Wildman–Crippen MR) is 213 cm³/mol. The van der Waals surface area contributed by atoms with Crippen LogP contribution < -0.4 is 0 Å². The Labute approximate surface area is 308 Å². The number of hydrogen-bond acceptors (Lipinski definition) is 5. The lowest BCUT2D eigenvalue weighted by Gasteiger charge is -2.37. The fourth-order valence-corrected chi connectivity index (χ4v) is 6.68. The van der Waals surface area contributed by atoms with Gasteiger partial charge < -0.3 is 23.7 Å². The number of hydrogen-bond donors (Lipinski definition) is 0. The SMILES string of the molecule is C.CC(C)(C)C1CCCCC1.CC(C)(C)C1CCCOC1.CC(C)(C)C1CCOC1.CC(C)(C)C1COC1.CC(C)(C)CC1COCCO1. The van der Waals surface area contributed by atoms with Gasteiger partial charge >= 0.3 is 0 Å². The van der Waals surface area contributed by atoms with Crippen LogP contribution >= 0.6 is 0 Å². The molecular formula is C44H90O5. The van der Waals surface area contributed by atoms with Crippen LogP contribution in [-0.2, 0) is 23.7 Å². The minimum Gasteiger partial charge on any atom is -0.381 e. The first-order chi connectivity index (χ1) is 22.0. The van der Waals surface area contributed by atoms with Gasteiger partial charge in [0, 0.05) is 32.3 Å². The molecule has 0 aromatic rings. The van der Waals surface area contributed by atoms with Crippen LogP contribution in [0.25, 0.3) is 0 Å². The van der Waals surface area contributed by atoms with Crippen molar-refractivity contribution >= 4 is 0 Å². The normalized spacial score (nSPS) is 25.7. The lowest BCUT2D eigenvalue weighted by atomic mass is 9.72. The second kappa shape index (κ2) is 22.8. The lowest BCUT2D eigenvalue weighted by Crippen LogP contribution is -2.37. The molecule has 1 aliphatic carbocycles. The zero-order chi connectivity index (χ0) is 36.7. The van der Waals surface area contributed by atoms with Crippen molar-refractivity contribution < 1.29 is 23.7 Å². The lowest BCUT2D eigenvalue weighted by molar-refractivity contribution is -0.100. The maximum atomic E-state index is 5.53. The van der Waals surface area contributed by atoms with Gasteiger partial charge in [0.25, 0.3) is 0 Å². The van der Waals surface area contributed by atoms with Gasteiger partial charge in [0.15, 0.2) is 0 Å². The molecule has 5 aliphatic rings. The summed E-state index contributed by atoms with van der Waals surface area (Å²) in [7, 11) is 0. The van der Waals surface area contributed by atoms with E-state index in [-0.39, 0.29) is 7.43 Å². The van der Waals surface area contributed by atoms with E-state index in [4.69, 9.17) is 23.7 Å². The van der Waals surface area contributed by atoms with Crippen LogP contribution in [0.3, 0.4) is 0 Å². The first kappa shape index (κ1) is 48.8. The van der Waals surface area contributed by atoms with Gasteiger partial charge in [-0.2, -0.15) is 0 Å². The molecule has 0 spiro atoms. The molecule has 296 valence electrons. The molecule has 0 bridgehead atoms. The highest BCUT2D eigenvalue weighted by Gasteiger charge is 2.31. The Morgan fingerprint density at radius 2 is 0.816 bits per heavy atom. The molecule has 0 radical (unpaired) electrons. The minimum absolute atomic E-state index is 0. The van der Waals surface area contributed by atoms with Crippen LogP contribution in [0.5, 0.6) is 0 Å². The van der Waals surface area contributed by atoms with E-state index in [0.717, 1.165) is 89.6 Å². The number of ether oxygens (including phenoxy) is 5. The Kier molecular flexibility index (Phi) is 22.7. The summed E-state index contributed by atoms with van der Waals surface area (Å²) in [6.07, 6.45) is 12.6. The van der Waals surface area contributed by atoms with Crippen LogP contribution in [0, 0.1) is 50.7 Å². The Morgan fingerprint density at radius 1 is 0.388 bits per heavy atom. The molecular weight excluding hydrogens is 608 g/mol. The van der Waals surface area contributed by atoms with E-state index in [1.165, 1.54) is 51.4 Å². The van der Waals surface area contributed by atoms with Crippen molar-refractivity contribution in [3.05, 3.63) is 0 Å². The van der Waals surface area contributed by atoms with Crippen molar-refractivity contribution in [2.75, 3.05) is 59.5 Å². The summed E-state index contributed by atoms with van der Waals surface area (Å²) in [5.41, 5.74) is 2.29. The molecule has 0 aromatic carbocycles. The topological polar surface area (TPSA) is 46.2 Å². The summed E-state index contributed by atoms with van der Waals surface area (Å²) in [6.45, 7) is 42.5. The molecule has 5 fully saturated rings. The summed E-state index contributed by atoms with van der Waals surface area (Å²) in [5, 5.41) is 0. The van der Waals surface area contributed by atoms with E-state index in [1.807, 2.05) is 0 Å². The second-order valence-electron chi connectivity index (χ2n) is 20.8. The van der Waals surface area contributed by atoms with Gasteiger partial charge in [-0.15, -0.1) is 0 Å². The van der Waals surface area contributed by atoms with Gasteiger partial charge in [0.1, 0.15) is 0 Å². The van der Waals surface area contributed by atoms with Gasteiger partial charge in [-0.1, -0.05) is 131 Å². The molecule has 0 amide bonds. The molecule has 5 heteroatoms. The van der Waals surface area contributed by atoms with Crippen molar-refractivity contribution in [3.8, 4) is 0 Å². The average molecular weight is 699 g/mol. The Morgan fingerprint density at radius 3 is 1.06 bits per heavy atom. The molecule has 0 aromatic heterocycles. The van der Waals surface area contributed by atoms with E-state index in [2.05, 4.69) is 104 Å². The first-order valence-corrected chi connectivity index (χ1v) is 19.9. The highest BCUT2D eigenvalue weighted by atomic mass is 16.6. The van der Waals surface area contributed by atoms with Crippen molar-refractivity contribution in [2.24, 2.45) is 50.7 Å². The second-order valence-corrected chi connectivity index (χ2v) is 20.8. The maximum Gasteiger partial charge on any atom is 0.0814 e. The average Bonchev–Trinajstić information content (AvgIpc) is 3.49. The summed E-state index contributed by atoms with van der Waals surface area (Å²) in [5.74, 6) is 3.38. The highest BCUT2D eigenvalue weighted by Crippen LogP contribution is 2.37. The van der Waals surface area contributed by atoms with Crippen LogP contribution in [0.2, 0.25) is 0 Å². The van der Waals surface area contributed by atoms with Crippen LogP contribution in [0.4, 0.5) is 0 Å². The molecule has 0 N–H and O–H groups in total. The Balaban J connectivity index is 0.000000587. The van der Waals surface area contributed by atoms with Gasteiger partial charge in [-0.25, -0.2) is 0 Å². The van der Waals surface area contributed by atoms with Gasteiger partial charge in [-0.3, -0.25) is 0 Å². The third-order valence-corrected chi connectivity index (χ3v) is 11.0. The van der Waals surface area contributed by atoms with Crippen LogP contribution in [-0.4, -0.2) is 65.6 Å². The largest absolute Gasteiger partial charge is 0.381 e. The molecule has 5 nitrogen and oxygen atoms in total. The van der Waals surface area contributed by atoms with E-state index in [9.17, 15) is 0 Å². The molecule has 4 aliphatic heterocycles. The van der Waals surface area contributed by atoms with Crippen molar-refractivity contribution in [3.63, 3.8) is 0 Å². The van der Waals surface area contributed by atoms with E-state index in [1.54, 1.807) is 0 Å². The Bertz CT molecular complexity index is 748. The standard InChI is InChI=1S/C10H20.C9H18O2.C9H18O.C8H16O.C7H14O.CH4/c1-10(2,3)9-7-5-4-6-8-9;1-9(2,3)6-8-7-10-4-5-11-8;1-9(2,3)8-5-4-6-10-7-8;1-8(2,3)7-4-5-9-6-7;1-7(2,3)6-4-8-5-6;/h9H,4-8H2,1-3H3;8H,4-7H2,1-3H3;8H,4-7H2,1-3H3;7H,4-6H2,1-3H3;6H,4-5H2,1-3H3;1H4. The van der Waals surface area contributed by atoms with Crippen molar-refractivity contribution in [1.82, 2.24) is 0 Å². The van der Waals surface area contributed by atoms with Gasteiger partial charge in [0.05, 0.1) is 39.1 Å². The smallest absolute Gasteiger partial charge is 0.0814 e. The van der Waals surface area contributed by atoms with E-state index in [0.29, 0.717) is 33.2 Å². The zero-order valence-corrected chi connectivity index (χ0v) is 35.2. The maximum absolute atomic E-state index is 5.53. The zero-order valence-electron chi connectivity index (χ0n) is 35.2.